The zero-order chi connectivity index (χ0) is 13.0. The van der Waals surface area contributed by atoms with E-state index < -0.39 is 18.1 Å². The monoisotopic (exact) mass is 302 g/mol. The van der Waals surface area contributed by atoms with Gasteiger partial charge >= 0.3 is 5.97 Å². The quantitative estimate of drug-likeness (QED) is 0.760. The number of methoxy groups -OCH3 is 1. The second-order valence-electron chi connectivity index (χ2n) is 3.68. The standard InChI is InChI=1S/C11H15BrN2O3/c1-17-10-3-2-6(4-7(10)12)8(13)5-9(14)11(15)16/h2-4,8-9H,5,13-14H2,1H3,(H,15,16). The summed E-state index contributed by atoms with van der Waals surface area (Å²) in [5.74, 6) is -0.350. The molecule has 0 aromatic heterocycles. The summed E-state index contributed by atoms with van der Waals surface area (Å²) in [5.41, 5.74) is 12.1. The molecule has 94 valence electrons. The number of carboxylic acid groups (broad SMARTS) is 1. The molecule has 1 aromatic rings. The molecule has 2 atom stereocenters. The highest BCUT2D eigenvalue weighted by Crippen LogP contribution is 2.28. The lowest BCUT2D eigenvalue weighted by Gasteiger charge is -2.15. The summed E-state index contributed by atoms with van der Waals surface area (Å²) in [6, 6.07) is 4.00. The highest BCUT2D eigenvalue weighted by Gasteiger charge is 2.17. The third kappa shape index (κ3) is 3.69. The molecule has 0 heterocycles. The average molecular weight is 303 g/mol. The lowest BCUT2D eigenvalue weighted by atomic mass is 10.0. The van der Waals surface area contributed by atoms with Crippen molar-refractivity contribution in [3.05, 3.63) is 28.2 Å². The first-order valence-electron chi connectivity index (χ1n) is 5.03. The number of rotatable bonds is 5. The first-order chi connectivity index (χ1) is 7.95. The van der Waals surface area contributed by atoms with Crippen LogP contribution in [0.15, 0.2) is 22.7 Å². The van der Waals surface area contributed by atoms with Gasteiger partial charge in [-0.15, -0.1) is 0 Å². The molecule has 2 unspecified atom stereocenters. The molecule has 5 N–H and O–H groups in total. The molecular formula is C11H15BrN2O3. The Morgan fingerprint density at radius 1 is 1.53 bits per heavy atom. The van der Waals surface area contributed by atoms with E-state index >= 15 is 0 Å². The molecule has 17 heavy (non-hydrogen) atoms. The van der Waals surface area contributed by atoms with E-state index in [1.54, 1.807) is 25.3 Å². The van der Waals surface area contributed by atoms with Gasteiger partial charge < -0.3 is 21.3 Å². The van der Waals surface area contributed by atoms with Gasteiger partial charge in [-0.3, -0.25) is 4.79 Å². The Morgan fingerprint density at radius 3 is 2.65 bits per heavy atom. The summed E-state index contributed by atoms with van der Waals surface area (Å²) in [6.07, 6.45) is 0.189. The van der Waals surface area contributed by atoms with Crippen LogP contribution in [0.25, 0.3) is 0 Å². The highest BCUT2D eigenvalue weighted by molar-refractivity contribution is 9.10. The van der Waals surface area contributed by atoms with Crippen molar-refractivity contribution in [1.29, 1.82) is 0 Å². The van der Waals surface area contributed by atoms with Gasteiger partial charge in [-0.25, -0.2) is 0 Å². The van der Waals surface area contributed by atoms with Gasteiger partial charge in [-0.1, -0.05) is 6.07 Å². The Balaban J connectivity index is 2.79. The normalized spacial score (nSPS) is 14.1. The minimum Gasteiger partial charge on any atom is -0.496 e. The SMILES string of the molecule is COc1ccc(C(N)CC(N)C(=O)O)cc1Br. The number of carbonyl (C=O) groups is 1. The number of halogens is 1. The average Bonchev–Trinajstić information content (AvgIpc) is 2.28. The van der Waals surface area contributed by atoms with Gasteiger partial charge in [0.15, 0.2) is 0 Å². The first-order valence-corrected chi connectivity index (χ1v) is 5.82. The van der Waals surface area contributed by atoms with Gasteiger partial charge in [-0.05, 0) is 40.0 Å². The van der Waals surface area contributed by atoms with Crippen LogP contribution < -0.4 is 16.2 Å². The van der Waals surface area contributed by atoms with Crippen LogP contribution >= 0.6 is 15.9 Å². The fourth-order valence-electron chi connectivity index (χ4n) is 1.42. The van der Waals surface area contributed by atoms with Crippen molar-refractivity contribution in [2.24, 2.45) is 11.5 Å². The fraction of sp³-hybridized carbons (Fsp3) is 0.364. The molecule has 1 aromatic carbocycles. The van der Waals surface area contributed by atoms with Gasteiger partial charge in [0.1, 0.15) is 11.8 Å². The Hall–Kier alpha value is -1.11. The summed E-state index contributed by atoms with van der Waals surface area (Å²) in [4.78, 5) is 10.6. The topological polar surface area (TPSA) is 98.6 Å². The maximum atomic E-state index is 10.6. The molecule has 1 rings (SSSR count). The second kappa shape index (κ2) is 6.00. The van der Waals surface area contributed by atoms with Gasteiger partial charge in [0.05, 0.1) is 11.6 Å². The minimum absolute atomic E-state index is 0.189. The van der Waals surface area contributed by atoms with Crippen LogP contribution in [0.2, 0.25) is 0 Å². The molecule has 0 bridgehead atoms. The lowest BCUT2D eigenvalue weighted by Crippen LogP contribution is -2.33. The zero-order valence-corrected chi connectivity index (χ0v) is 11.0. The molecule has 5 nitrogen and oxygen atoms in total. The van der Waals surface area contributed by atoms with E-state index in [0.29, 0.717) is 5.75 Å². The Kier molecular flexibility index (Phi) is 4.92. The third-order valence-electron chi connectivity index (χ3n) is 2.43. The molecule has 0 spiro atoms. The summed E-state index contributed by atoms with van der Waals surface area (Å²) >= 11 is 3.34. The van der Waals surface area contributed by atoms with Crippen molar-refractivity contribution in [1.82, 2.24) is 0 Å². The van der Waals surface area contributed by atoms with Crippen LogP contribution in [0.1, 0.15) is 18.0 Å². The zero-order valence-electron chi connectivity index (χ0n) is 9.39. The molecule has 0 aliphatic carbocycles. The van der Waals surface area contributed by atoms with Gasteiger partial charge in [0, 0.05) is 6.04 Å². The van der Waals surface area contributed by atoms with Crippen LogP contribution in [-0.4, -0.2) is 24.2 Å². The Morgan fingerprint density at radius 2 is 2.18 bits per heavy atom. The number of benzene rings is 1. The Bertz CT molecular complexity index is 412. The number of hydrogen-bond acceptors (Lipinski definition) is 4. The van der Waals surface area contributed by atoms with Crippen molar-refractivity contribution in [3.8, 4) is 5.75 Å². The summed E-state index contributed by atoms with van der Waals surface area (Å²) < 4.78 is 5.87. The molecule has 0 saturated carbocycles. The molecule has 0 fully saturated rings. The van der Waals surface area contributed by atoms with Crippen molar-refractivity contribution < 1.29 is 14.6 Å². The molecule has 0 saturated heterocycles. The van der Waals surface area contributed by atoms with Gasteiger partial charge in [0.2, 0.25) is 0 Å². The van der Waals surface area contributed by atoms with E-state index in [1.165, 1.54) is 0 Å². The minimum atomic E-state index is -1.05. The number of nitrogens with two attached hydrogens (primary N) is 2. The summed E-state index contributed by atoms with van der Waals surface area (Å²) in [7, 11) is 1.57. The fourth-order valence-corrected chi connectivity index (χ4v) is 1.98. The third-order valence-corrected chi connectivity index (χ3v) is 3.05. The second-order valence-corrected chi connectivity index (χ2v) is 4.54. The first kappa shape index (κ1) is 14.0. The predicted molar refractivity (Wildman–Crippen MR) is 67.9 cm³/mol. The van der Waals surface area contributed by atoms with Gasteiger partial charge in [0.25, 0.3) is 0 Å². The van der Waals surface area contributed by atoms with E-state index in [0.717, 1.165) is 10.0 Å². The maximum Gasteiger partial charge on any atom is 0.320 e. The smallest absolute Gasteiger partial charge is 0.320 e. The van der Waals surface area contributed by atoms with E-state index in [9.17, 15) is 4.79 Å². The summed E-state index contributed by atoms with van der Waals surface area (Å²) in [5, 5.41) is 8.70. The molecule has 0 amide bonds. The van der Waals surface area contributed by atoms with Crippen molar-refractivity contribution in [3.63, 3.8) is 0 Å². The highest BCUT2D eigenvalue weighted by atomic mass is 79.9. The predicted octanol–water partition coefficient (Wildman–Crippen LogP) is 1.26. The molecule has 0 aliphatic rings. The number of ether oxygens (including phenoxy) is 1. The lowest BCUT2D eigenvalue weighted by molar-refractivity contribution is -0.138. The summed E-state index contributed by atoms with van der Waals surface area (Å²) in [6.45, 7) is 0. The van der Waals surface area contributed by atoms with Crippen LogP contribution in [0, 0.1) is 0 Å². The van der Waals surface area contributed by atoms with Crippen molar-refractivity contribution in [2.45, 2.75) is 18.5 Å². The van der Waals surface area contributed by atoms with Crippen molar-refractivity contribution in [2.75, 3.05) is 7.11 Å². The van der Waals surface area contributed by atoms with E-state index in [-0.39, 0.29) is 6.42 Å². The molecular weight excluding hydrogens is 288 g/mol. The number of carboxylic acids is 1. The maximum absolute atomic E-state index is 10.6. The van der Waals surface area contributed by atoms with E-state index in [4.69, 9.17) is 21.3 Å². The number of hydrogen-bond donors (Lipinski definition) is 3. The van der Waals surface area contributed by atoms with Crippen LogP contribution in [0.5, 0.6) is 5.75 Å². The van der Waals surface area contributed by atoms with Crippen LogP contribution in [0.3, 0.4) is 0 Å². The molecule has 0 radical (unpaired) electrons. The van der Waals surface area contributed by atoms with Crippen LogP contribution in [0.4, 0.5) is 0 Å². The molecule has 0 aliphatic heterocycles. The Labute approximate surface area is 108 Å². The van der Waals surface area contributed by atoms with Gasteiger partial charge in [-0.2, -0.15) is 0 Å². The van der Waals surface area contributed by atoms with Crippen LogP contribution in [-0.2, 0) is 4.79 Å². The van der Waals surface area contributed by atoms with E-state index in [1.807, 2.05) is 0 Å². The number of aliphatic carboxylic acids is 1. The van der Waals surface area contributed by atoms with E-state index in [2.05, 4.69) is 15.9 Å². The largest absolute Gasteiger partial charge is 0.496 e. The molecule has 6 heteroatoms. The van der Waals surface area contributed by atoms with Crippen molar-refractivity contribution >= 4 is 21.9 Å².